The van der Waals surface area contributed by atoms with Crippen molar-refractivity contribution < 1.29 is 17.6 Å². The molecule has 1 heterocycles. The Morgan fingerprint density at radius 3 is 2.67 bits per heavy atom. The van der Waals surface area contributed by atoms with Gasteiger partial charge in [-0.3, -0.25) is 0 Å². The molecule has 0 saturated carbocycles. The molecule has 0 spiro atoms. The third-order valence-corrected chi connectivity index (χ3v) is 5.98. The molecule has 0 aliphatic heterocycles. The Bertz CT molecular complexity index is 1090. The van der Waals surface area contributed by atoms with Crippen LogP contribution in [0.3, 0.4) is 0 Å². The summed E-state index contributed by atoms with van der Waals surface area (Å²) >= 11 is 6.87. The predicted molar refractivity (Wildman–Crippen MR) is 114 cm³/mol. The fourth-order valence-corrected chi connectivity index (χ4v) is 4.34. The first-order valence-corrected chi connectivity index (χ1v) is 10.0. The Morgan fingerprint density at radius 2 is 2.03 bits per heavy atom. The van der Waals surface area contributed by atoms with Crippen molar-refractivity contribution in [3.8, 4) is 12.3 Å². The number of aromatic nitrogens is 1. The van der Waals surface area contributed by atoms with Gasteiger partial charge in [0.25, 0.3) is 0 Å². The number of fused-ring (bicyclic) bond motifs is 1. The quantitative estimate of drug-likeness (QED) is 0.216. The van der Waals surface area contributed by atoms with Gasteiger partial charge in [-0.1, -0.05) is 11.6 Å². The van der Waals surface area contributed by atoms with Crippen LogP contribution in [0.1, 0.15) is 11.1 Å². The number of halogens is 5. The summed E-state index contributed by atoms with van der Waals surface area (Å²) in [7, 11) is 0. The van der Waals surface area contributed by atoms with Crippen molar-refractivity contribution in [2.45, 2.75) is 37.0 Å². The molecule has 1 aromatic heterocycles. The number of nitrogen functional groups attached to an aromatic ring is 1. The van der Waals surface area contributed by atoms with Gasteiger partial charge in [0.2, 0.25) is 0 Å². The topological polar surface area (TPSA) is 43.0 Å². The van der Waals surface area contributed by atoms with Gasteiger partial charge >= 0.3 is 6.18 Å². The van der Waals surface area contributed by atoms with Crippen molar-refractivity contribution in [2.24, 2.45) is 0 Å². The maximum Gasteiger partial charge on any atom is 0.406 e. The van der Waals surface area contributed by atoms with E-state index in [-0.39, 0.29) is 17.1 Å². The van der Waals surface area contributed by atoms with Crippen LogP contribution in [0, 0.1) is 25.1 Å². The summed E-state index contributed by atoms with van der Waals surface area (Å²) in [6.07, 6.45) is 2.51. The Morgan fingerprint density at radius 1 is 1.30 bits per heavy atom. The van der Waals surface area contributed by atoms with Crippen molar-refractivity contribution in [1.29, 1.82) is 0 Å². The monoisotopic (exact) mass is 455 g/mol. The van der Waals surface area contributed by atoms with Crippen molar-refractivity contribution in [2.75, 3.05) is 5.73 Å². The Balaban J connectivity index is 1.91. The van der Waals surface area contributed by atoms with Gasteiger partial charge < -0.3 is 10.3 Å². The van der Waals surface area contributed by atoms with Crippen molar-refractivity contribution in [1.82, 2.24) is 9.29 Å². The van der Waals surface area contributed by atoms with Crippen LogP contribution in [0.5, 0.6) is 0 Å². The molecule has 0 bridgehead atoms. The standard InChI is InChI=1S/C21H18ClF4N3S/c1-3-4-13-10-29(18-6-5-14(23)9-15(13)18)11-19(21(24,25)26)28-30-20-16(22)7-12(2)8-17(20)27/h1,5-10,19,28H,4,11,27H2,2H3. The number of hydrogen-bond acceptors (Lipinski definition) is 3. The van der Waals surface area contributed by atoms with E-state index in [9.17, 15) is 17.6 Å². The lowest BCUT2D eigenvalue weighted by Gasteiger charge is -2.23. The van der Waals surface area contributed by atoms with E-state index >= 15 is 0 Å². The van der Waals surface area contributed by atoms with Gasteiger partial charge in [0, 0.05) is 35.8 Å². The molecule has 1 unspecified atom stereocenters. The van der Waals surface area contributed by atoms with E-state index in [0.29, 0.717) is 21.4 Å². The van der Waals surface area contributed by atoms with Crippen LogP contribution in [0.25, 0.3) is 10.9 Å². The third kappa shape index (κ3) is 4.86. The number of rotatable bonds is 6. The zero-order valence-electron chi connectivity index (χ0n) is 15.9. The maximum atomic E-state index is 13.7. The number of benzene rings is 2. The number of nitrogens with one attached hydrogen (secondary N) is 1. The molecular weight excluding hydrogens is 438 g/mol. The molecule has 3 aromatic rings. The van der Waals surface area contributed by atoms with E-state index in [1.807, 2.05) is 0 Å². The molecule has 3 nitrogen and oxygen atoms in total. The normalized spacial score (nSPS) is 12.8. The van der Waals surface area contributed by atoms with Crippen molar-refractivity contribution in [3.05, 3.63) is 58.5 Å². The second-order valence-corrected chi connectivity index (χ2v) is 8.08. The van der Waals surface area contributed by atoms with Gasteiger partial charge in [-0.15, -0.1) is 12.3 Å². The summed E-state index contributed by atoms with van der Waals surface area (Å²) in [5, 5.41) is 0.761. The van der Waals surface area contributed by atoms with Gasteiger partial charge in [-0.25, -0.2) is 9.11 Å². The molecule has 0 radical (unpaired) electrons. The first-order chi connectivity index (χ1) is 14.1. The average Bonchev–Trinajstić information content (AvgIpc) is 2.96. The summed E-state index contributed by atoms with van der Waals surface area (Å²) in [6, 6.07) is 5.27. The van der Waals surface area contributed by atoms with Gasteiger partial charge in [-0.05, 0) is 60.3 Å². The minimum atomic E-state index is -4.55. The molecular formula is C21H18ClF4N3S. The van der Waals surface area contributed by atoms with Gasteiger partial charge in [0.15, 0.2) is 0 Å². The van der Waals surface area contributed by atoms with Crippen molar-refractivity contribution in [3.63, 3.8) is 0 Å². The Kier molecular flexibility index (Phi) is 6.56. The molecule has 158 valence electrons. The van der Waals surface area contributed by atoms with Crippen LogP contribution in [0.15, 0.2) is 41.4 Å². The molecule has 0 fully saturated rings. The molecule has 0 saturated heterocycles. The molecule has 1 atom stereocenters. The lowest BCUT2D eigenvalue weighted by atomic mass is 10.1. The first-order valence-electron chi connectivity index (χ1n) is 8.85. The van der Waals surface area contributed by atoms with Crippen LogP contribution in [0.4, 0.5) is 23.2 Å². The lowest BCUT2D eigenvalue weighted by Crippen LogP contribution is -2.42. The summed E-state index contributed by atoms with van der Waals surface area (Å²) in [5.74, 6) is 1.97. The largest absolute Gasteiger partial charge is 0.406 e. The highest BCUT2D eigenvalue weighted by Crippen LogP contribution is 2.34. The first kappa shape index (κ1) is 22.3. The van der Waals surface area contributed by atoms with Gasteiger partial charge in [0.05, 0.1) is 9.92 Å². The van der Waals surface area contributed by atoms with Gasteiger partial charge in [-0.2, -0.15) is 13.2 Å². The molecule has 0 aliphatic carbocycles. The zero-order chi connectivity index (χ0) is 22.1. The number of hydrogen-bond donors (Lipinski definition) is 2. The molecule has 9 heteroatoms. The SMILES string of the molecule is C#CCc1cn(CC(NSc2c(N)cc(C)cc2Cl)C(F)(F)F)c2ccc(F)cc12. The average molecular weight is 456 g/mol. The van der Waals surface area contributed by atoms with E-state index < -0.39 is 24.6 Å². The highest BCUT2D eigenvalue weighted by Gasteiger charge is 2.40. The van der Waals surface area contributed by atoms with E-state index in [4.69, 9.17) is 23.8 Å². The molecule has 30 heavy (non-hydrogen) atoms. The smallest absolute Gasteiger partial charge is 0.398 e. The number of alkyl halides is 3. The van der Waals surface area contributed by atoms with Crippen LogP contribution < -0.4 is 10.5 Å². The highest BCUT2D eigenvalue weighted by molar-refractivity contribution is 7.97. The number of aryl methyl sites for hydroxylation is 1. The van der Waals surface area contributed by atoms with Crippen LogP contribution in [0.2, 0.25) is 5.02 Å². The second kappa shape index (κ2) is 8.80. The zero-order valence-corrected chi connectivity index (χ0v) is 17.4. The van der Waals surface area contributed by atoms with Crippen LogP contribution >= 0.6 is 23.5 Å². The molecule has 2 aromatic carbocycles. The number of anilines is 1. The third-order valence-electron chi connectivity index (χ3n) is 4.51. The fraction of sp³-hybridized carbons (Fsp3) is 0.238. The predicted octanol–water partition coefficient (Wildman–Crippen LogP) is 5.73. The Hall–Kier alpha value is -2.34. The molecule has 3 rings (SSSR count). The van der Waals surface area contributed by atoms with E-state index in [2.05, 4.69) is 10.6 Å². The van der Waals surface area contributed by atoms with Crippen LogP contribution in [-0.4, -0.2) is 16.8 Å². The minimum Gasteiger partial charge on any atom is -0.398 e. The Labute approximate surface area is 180 Å². The number of nitrogens with zero attached hydrogens (tertiary/aromatic N) is 1. The molecule has 0 aliphatic rings. The molecule has 3 N–H and O–H groups in total. The van der Waals surface area contributed by atoms with Crippen LogP contribution in [-0.2, 0) is 13.0 Å². The van der Waals surface area contributed by atoms with E-state index in [1.165, 1.54) is 29.0 Å². The number of terminal acetylenes is 1. The van der Waals surface area contributed by atoms with E-state index in [0.717, 1.165) is 17.5 Å². The fourth-order valence-electron chi connectivity index (χ4n) is 3.14. The summed E-state index contributed by atoms with van der Waals surface area (Å²) in [4.78, 5) is 0.323. The summed E-state index contributed by atoms with van der Waals surface area (Å²) in [6.45, 7) is 1.35. The van der Waals surface area contributed by atoms with Gasteiger partial charge in [0.1, 0.15) is 11.9 Å². The van der Waals surface area contributed by atoms with E-state index in [1.54, 1.807) is 19.1 Å². The summed E-state index contributed by atoms with van der Waals surface area (Å²) < 4.78 is 58.7. The molecule has 0 amide bonds. The maximum absolute atomic E-state index is 13.7. The van der Waals surface area contributed by atoms with Crippen molar-refractivity contribution >= 4 is 40.1 Å². The summed E-state index contributed by atoms with van der Waals surface area (Å²) in [5.41, 5.74) is 8.06. The number of nitrogens with two attached hydrogens (primary N) is 1. The second-order valence-electron chi connectivity index (χ2n) is 6.83. The lowest BCUT2D eigenvalue weighted by molar-refractivity contribution is -0.153. The highest BCUT2D eigenvalue weighted by atomic mass is 35.5. The minimum absolute atomic E-state index is 0.182.